The topological polar surface area (TPSA) is 84.0 Å². The maximum absolute atomic E-state index is 11.6. The quantitative estimate of drug-likeness (QED) is 0.330. The van der Waals surface area contributed by atoms with Crippen LogP contribution in [0.25, 0.3) is 0 Å². The Balaban J connectivity index is 2.38. The Morgan fingerprint density at radius 1 is 1.08 bits per heavy atom. The second kappa shape index (κ2) is 12.2. The van der Waals surface area contributed by atoms with Crippen LogP contribution in [0.1, 0.15) is 12.5 Å². The molecule has 0 saturated heterocycles. The summed E-state index contributed by atoms with van der Waals surface area (Å²) in [6.07, 6.45) is 0.856. The van der Waals surface area contributed by atoms with E-state index in [4.69, 9.17) is 9.47 Å². The van der Waals surface area contributed by atoms with Gasteiger partial charge in [-0.2, -0.15) is 0 Å². The molecule has 7 heteroatoms. The predicted molar refractivity (Wildman–Crippen MR) is 95.6 cm³/mol. The van der Waals surface area contributed by atoms with Crippen LogP contribution in [0.4, 0.5) is 0 Å². The Kier molecular flexibility index (Phi) is 10.0. The first-order chi connectivity index (χ1) is 11.7. The largest absolute Gasteiger partial charge is 0.497 e. The SMILES string of the molecule is CCNC(=NCC(=O)NCCOC)NCCc1ccc(OC)cc1. The van der Waals surface area contributed by atoms with Crippen LogP contribution in [0.5, 0.6) is 5.75 Å². The Bertz CT molecular complexity index is 503. The molecular weight excluding hydrogens is 308 g/mol. The summed E-state index contributed by atoms with van der Waals surface area (Å²) in [5, 5.41) is 9.08. The number of hydrogen-bond acceptors (Lipinski definition) is 4. The molecule has 0 aliphatic carbocycles. The lowest BCUT2D eigenvalue weighted by molar-refractivity contribution is -0.119. The second-order valence-corrected chi connectivity index (χ2v) is 5.06. The Hall–Kier alpha value is -2.28. The molecule has 0 heterocycles. The van der Waals surface area contributed by atoms with Crippen LogP contribution in [-0.2, 0) is 16.0 Å². The summed E-state index contributed by atoms with van der Waals surface area (Å²) in [4.78, 5) is 15.9. The molecule has 0 unspecified atom stereocenters. The van der Waals surface area contributed by atoms with E-state index in [0.717, 1.165) is 25.3 Å². The summed E-state index contributed by atoms with van der Waals surface area (Å²) < 4.78 is 10.0. The normalized spacial score (nSPS) is 11.0. The Labute approximate surface area is 143 Å². The van der Waals surface area contributed by atoms with Crippen LogP contribution in [-0.4, -0.2) is 58.9 Å². The molecule has 0 bridgehead atoms. The van der Waals surface area contributed by atoms with Gasteiger partial charge in [0.15, 0.2) is 5.96 Å². The summed E-state index contributed by atoms with van der Waals surface area (Å²) in [5.41, 5.74) is 1.21. The highest BCUT2D eigenvalue weighted by molar-refractivity contribution is 5.84. The lowest BCUT2D eigenvalue weighted by Gasteiger charge is -2.11. The molecule has 134 valence electrons. The molecule has 0 saturated carbocycles. The van der Waals surface area contributed by atoms with Crippen molar-refractivity contribution >= 4 is 11.9 Å². The van der Waals surface area contributed by atoms with E-state index in [1.807, 2.05) is 31.2 Å². The summed E-state index contributed by atoms with van der Waals surface area (Å²) in [7, 11) is 3.25. The van der Waals surface area contributed by atoms with E-state index in [-0.39, 0.29) is 12.5 Å². The van der Waals surface area contributed by atoms with Crippen molar-refractivity contribution in [3.05, 3.63) is 29.8 Å². The fourth-order valence-electron chi connectivity index (χ4n) is 1.96. The molecule has 0 aromatic heterocycles. The highest BCUT2D eigenvalue weighted by atomic mass is 16.5. The predicted octanol–water partition coefficient (Wildman–Crippen LogP) is 0.555. The number of nitrogens with one attached hydrogen (secondary N) is 3. The maximum Gasteiger partial charge on any atom is 0.241 e. The number of nitrogens with zero attached hydrogens (tertiary/aromatic N) is 1. The smallest absolute Gasteiger partial charge is 0.241 e. The van der Waals surface area contributed by atoms with E-state index in [9.17, 15) is 4.79 Å². The van der Waals surface area contributed by atoms with Crippen molar-refractivity contribution < 1.29 is 14.3 Å². The van der Waals surface area contributed by atoms with Crippen molar-refractivity contribution in [1.82, 2.24) is 16.0 Å². The van der Waals surface area contributed by atoms with Gasteiger partial charge < -0.3 is 25.4 Å². The molecule has 1 amide bonds. The third-order valence-electron chi connectivity index (χ3n) is 3.22. The lowest BCUT2D eigenvalue weighted by Crippen LogP contribution is -2.39. The minimum Gasteiger partial charge on any atom is -0.497 e. The van der Waals surface area contributed by atoms with Gasteiger partial charge in [-0.3, -0.25) is 4.79 Å². The van der Waals surface area contributed by atoms with Crippen LogP contribution in [0.3, 0.4) is 0 Å². The summed E-state index contributed by atoms with van der Waals surface area (Å²) in [6.45, 7) is 4.52. The zero-order chi connectivity index (χ0) is 17.6. The molecule has 0 radical (unpaired) electrons. The first-order valence-corrected chi connectivity index (χ1v) is 8.10. The van der Waals surface area contributed by atoms with Gasteiger partial charge in [0.2, 0.25) is 5.91 Å². The number of carbonyl (C=O) groups excluding carboxylic acids is 1. The molecule has 1 aromatic rings. The van der Waals surface area contributed by atoms with Gasteiger partial charge in [-0.25, -0.2) is 4.99 Å². The third kappa shape index (κ3) is 8.38. The van der Waals surface area contributed by atoms with Gasteiger partial charge in [0.1, 0.15) is 12.3 Å². The van der Waals surface area contributed by atoms with E-state index < -0.39 is 0 Å². The molecule has 3 N–H and O–H groups in total. The average molecular weight is 336 g/mol. The molecule has 0 spiro atoms. The van der Waals surface area contributed by atoms with Crippen molar-refractivity contribution in [3.63, 3.8) is 0 Å². The van der Waals surface area contributed by atoms with Crippen molar-refractivity contribution in [2.75, 3.05) is 47.0 Å². The van der Waals surface area contributed by atoms with Crippen molar-refractivity contribution in [3.8, 4) is 5.75 Å². The standard InChI is InChI=1S/C17H28N4O3/c1-4-18-17(21-13-16(22)19-11-12-23-2)20-10-9-14-5-7-15(24-3)8-6-14/h5-8H,4,9-13H2,1-3H3,(H,19,22)(H2,18,20,21). The van der Waals surface area contributed by atoms with Gasteiger partial charge in [0.25, 0.3) is 0 Å². The fourth-order valence-corrected chi connectivity index (χ4v) is 1.96. The van der Waals surface area contributed by atoms with Gasteiger partial charge in [0, 0.05) is 26.7 Å². The number of rotatable bonds is 10. The number of guanidine groups is 1. The number of methoxy groups -OCH3 is 2. The average Bonchev–Trinajstić information content (AvgIpc) is 2.60. The van der Waals surface area contributed by atoms with Gasteiger partial charge in [-0.1, -0.05) is 12.1 Å². The lowest BCUT2D eigenvalue weighted by atomic mass is 10.1. The summed E-state index contributed by atoms with van der Waals surface area (Å²) in [5.74, 6) is 1.36. The summed E-state index contributed by atoms with van der Waals surface area (Å²) in [6, 6.07) is 7.96. The second-order valence-electron chi connectivity index (χ2n) is 5.06. The molecule has 24 heavy (non-hydrogen) atoms. The van der Waals surface area contributed by atoms with Crippen LogP contribution < -0.4 is 20.7 Å². The minimum atomic E-state index is -0.126. The molecular formula is C17H28N4O3. The van der Waals surface area contributed by atoms with Crippen molar-refractivity contribution in [1.29, 1.82) is 0 Å². The van der Waals surface area contributed by atoms with Gasteiger partial charge in [-0.05, 0) is 31.0 Å². The van der Waals surface area contributed by atoms with Gasteiger partial charge in [0.05, 0.1) is 13.7 Å². The van der Waals surface area contributed by atoms with Gasteiger partial charge in [-0.15, -0.1) is 0 Å². The number of amides is 1. The zero-order valence-electron chi connectivity index (χ0n) is 14.7. The number of benzene rings is 1. The Morgan fingerprint density at radius 2 is 1.83 bits per heavy atom. The van der Waals surface area contributed by atoms with Crippen molar-refractivity contribution in [2.45, 2.75) is 13.3 Å². The molecule has 0 aliphatic rings. The molecule has 0 atom stereocenters. The molecule has 7 nitrogen and oxygen atoms in total. The number of carbonyl (C=O) groups is 1. The van der Waals surface area contributed by atoms with E-state index in [1.165, 1.54) is 5.56 Å². The van der Waals surface area contributed by atoms with Crippen LogP contribution in [0.15, 0.2) is 29.3 Å². The van der Waals surface area contributed by atoms with Gasteiger partial charge >= 0.3 is 0 Å². The fraction of sp³-hybridized carbons (Fsp3) is 0.529. The molecule has 0 aliphatic heterocycles. The number of aliphatic imine (C=N–C) groups is 1. The monoisotopic (exact) mass is 336 g/mol. The molecule has 1 rings (SSSR count). The zero-order valence-corrected chi connectivity index (χ0v) is 14.7. The van der Waals surface area contributed by atoms with E-state index >= 15 is 0 Å². The van der Waals surface area contributed by atoms with E-state index in [1.54, 1.807) is 14.2 Å². The summed E-state index contributed by atoms with van der Waals surface area (Å²) >= 11 is 0. The van der Waals surface area contributed by atoms with Crippen molar-refractivity contribution in [2.24, 2.45) is 4.99 Å². The van der Waals surface area contributed by atoms with E-state index in [2.05, 4.69) is 20.9 Å². The molecule has 1 aromatic carbocycles. The molecule has 0 fully saturated rings. The highest BCUT2D eigenvalue weighted by Crippen LogP contribution is 2.11. The van der Waals surface area contributed by atoms with E-state index in [0.29, 0.717) is 19.1 Å². The third-order valence-corrected chi connectivity index (χ3v) is 3.22. The first kappa shape index (κ1) is 19.8. The number of hydrogen-bond donors (Lipinski definition) is 3. The first-order valence-electron chi connectivity index (χ1n) is 8.10. The van der Waals surface area contributed by atoms with Crippen LogP contribution in [0.2, 0.25) is 0 Å². The van der Waals surface area contributed by atoms with Crippen LogP contribution in [0, 0.1) is 0 Å². The highest BCUT2D eigenvalue weighted by Gasteiger charge is 2.02. The maximum atomic E-state index is 11.6. The number of ether oxygens (including phenoxy) is 2. The van der Waals surface area contributed by atoms with Crippen LogP contribution >= 0.6 is 0 Å². The minimum absolute atomic E-state index is 0.0849. The Morgan fingerprint density at radius 3 is 2.46 bits per heavy atom.